The van der Waals surface area contributed by atoms with Crippen LogP contribution in [0.3, 0.4) is 0 Å². The highest BCUT2D eigenvalue weighted by molar-refractivity contribution is 7.80. The predicted octanol–water partition coefficient (Wildman–Crippen LogP) is 3.37. The maximum absolute atomic E-state index is 8.75. The molecule has 1 aromatic heterocycles. The zero-order valence-electron chi connectivity index (χ0n) is 7.03. The molecule has 0 saturated carbocycles. The molecule has 3 heteroatoms. The lowest BCUT2D eigenvalue weighted by atomic mass is 10.1. The summed E-state index contributed by atoms with van der Waals surface area (Å²) in [7, 11) is 0. The van der Waals surface area contributed by atoms with E-state index in [1.54, 1.807) is 11.3 Å². The summed E-state index contributed by atoms with van der Waals surface area (Å²) in [5.74, 6) is 0. The summed E-state index contributed by atoms with van der Waals surface area (Å²) < 4.78 is 1.14. The van der Waals surface area contributed by atoms with Gasteiger partial charge in [0.15, 0.2) is 0 Å². The van der Waals surface area contributed by atoms with Crippen LogP contribution in [-0.4, -0.2) is 0 Å². The average molecular weight is 205 g/mol. The highest BCUT2D eigenvalue weighted by Gasteiger charge is 2.05. The van der Waals surface area contributed by atoms with Crippen molar-refractivity contribution >= 4 is 34.1 Å². The van der Waals surface area contributed by atoms with Gasteiger partial charge in [-0.1, -0.05) is 0 Å². The Balaban J connectivity index is 2.89. The molecule has 2 aromatic rings. The number of thiol groups is 1. The van der Waals surface area contributed by atoms with E-state index < -0.39 is 0 Å². The highest BCUT2D eigenvalue weighted by Crippen LogP contribution is 2.31. The second-order valence-electron chi connectivity index (χ2n) is 2.90. The van der Waals surface area contributed by atoms with E-state index in [0.29, 0.717) is 5.56 Å². The van der Waals surface area contributed by atoms with Gasteiger partial charge in [0.2, 0.25) is 0 Å². The number of hydrogen-bond donors (Lipinski definition) is 1. The summed E-state index contributed by atoms with van der Waals surface area (Å²) in [6.07, 6.45) is 0. The van der Waals surface area contributed by atoms with Gasteiger partial charge >= 0.3 is 0 Å². The fourth-order valence-electron chi connectivity index (χ4n) is 1.37. The van der Waals surface area contributed by atoms with E-state index in [-0.39, 0.29) is 0 Å². The van der Waals surface area contributed by atoms with Gasteiger partial charge in [0.25, 0.3) is 0 Å². The summed E-state index contributed by atoms with van der Waals surface area (Å²) in [4.78, 5) is 0.896. The molecule has 0 amide bonds. The number of nitriles is 1. The molecule has 64 valence electrons. The monoisotopic (exact) mass is 205 g/mol. The van der Waals surface area contributed by atoms with Crippen LogP contribution in [0.2, 0.25) is 0 Å². The van der Waals surface area contributed by atoms with Crippen molar-refractivity contribution in [2.45, 2.75) is 11.8 Å². The Kier molecular flexibility index (Phi) is 2.03. The molecule has 0 atom stereocenters. The molecule has 0 N–H and O–H groups in total. The Morgan fingerprint density at radius 3 is 2.92 bits per heavy atom. The minimum atomic E-state index is 0.680. The smallest absolute Gasteiger partial charge is 0.0992 e. The molecule has 0 saturated heterocycles. The molecule has 0 radical (unpaired) electrons. The summed E-state index contributed by atoms with van der Waals surface area (Å²) >= 11 is 6.02. The van der Waals surface area contributed by atoms with Gasteiger partial charge in [0, 0.05) is 15.0 Å². The Bertz CT molecular complexity index is 505. The zero-order valence-corrected chi connectivity index (χ0v) is 8.75. The maximum Gasteiger partial charge on any atom is 0.0992 e. The van der Waals surface area contributed by atoms with Crippen LogP contribution in [0.4, 0.5) is 0 Å². The third-order valence-corrected chi connectivity index (χ3v) is 3.37. The molecular formula is C10H7NS2. The van der Waals surface area contributed by atoms with Crippen LogP contribution in [0.1, 0.15) is 11.1 Å². The Hall–Kier alpha value is -0.980. The summed E-state index contributed by atoms with van der Waals surface area (Å²) in [5, 5.41) is 12.0. The number of thiophene rings is 1. The lowest BCUT2D eigenvalue weighted by Crippen LogP contribution is -1.76. The first-order valence-corrected chi connectivity index (χ1v) is 5.16. The first kappa shape index (κ1) is 8.61. The topological polar surface area (TPSA) is 23.8 Å². The lowest BCUT2D eigenvalue weighted by molar-refractivity contribution is 1.45. The molecule has 1 nitrogen and oxygen atoms in total. The van der Waals surface area contributed by atoms with Crippen molar-refractivity contribution in [3.05, 3.63) is 28.6 Å². The van der Waals surface area contributed by atoms with E-state index in [4.69, 9.17) is 5.26 Å². The average Bonchev–Trinajstić information content (AvgIpc) is 2.48. The van der Waals surface area contributed by atoms with Gasteiger partial charge in [-0.2, -0.15) is 5.26 Å². The quantitative estimate of drug-likeness (QED) is 0.655. The Morgan fingerprint density at radius 2 is 2.23 bits per heavy atom. The van der Waals surface area contributed by atoms with E-state index in [2.05, 4.69) is 31.0 Å². The van der Waals surface area contributed by atoms with Crippen LogP contribution in [0.15, 0.2) is 22.4 Å². The number of fused-ring (bicyclic) bond motifs is 1. The first-order valence-electron chi connectivity index (χ1n) is 3.83. The summed E-state index contributed by atoms with van der Waals surface area (Å²) in [6, 6.07) is 5.85. The maximum atomic E-state index is 8.75. The van der Waals surface area contributed by atoms with Crippen LogP contribution in [-0.2, 0) is 0 Å². The zero-order chi connectivity index (χ0) is 9.42. The molecule has 1 aromatic carbocycles. The SMILES string of the molecule is Cc1csc2cc(C#N)cc(S)c12. The van der Waals surface area contributed by atoms with E-state index in [9.17, 15) is 0 Å². The molecule has 0 spiro atoms. The molecule has 2 rings (SSSR count). The van der Waals surface area contributed by atoms with Crippen molar-refractivity contribution in [3.8, 4) is 6.07 Å². The van der Waals surface area contributed by atoms with Gasteiger partial charge in [-0.3, -0.25) is 0 Å². The van der Waals surface area contributed by atoms with Gasteiger partial charge < -0.3 is 0 Å². The number of hydrogen-bond acceptors (Lipinski definition) is 3. The molecule has 1 heterocycles. The minimum absolute atomic E-state index is 0.680. The molecule has 13 heavy (non-hydrogen) atoms. The van der Waals surface area contributed by atoms with Gasteiger partial charge in [-0.15, -0.1) is 24.0 Å². The molecule has 0 aliphatic heterocycles. The lowest BCUT2D eigenvalue weighted by Gasteiger charge is -1.97. The Morgan fingerprint density at radius 1 is 1.46 bits per heavy atom. The van der Waals surface area contributed by atoms with Crippen LogP contribution in [0.5, 0.6) is 0 Å². The van der Waals surface area contributed by atoms with Crippen LogP contribution >= 0.6 is 24.0 Å². The number of nitrogens with zero attached hydrogens (tertiary/aromatic N) is 1. The van der Waals surface area contributed by atoms with E-state index in [1.807, 2.05) is 12.1 Å². The van der Waals surface area contributed by atoms with Crippen molar-refractivity contribution in [1.82, 2.24) is 0 Å². The number of rotatable bonds is 0. The Labute approximate surface area is 86.0 Å². The minimum Gasteiger partial charge on any atom is -0.192 e. The van der Waals surface area contributed by atoms with Crippen molar-refractivity contribution in [3.63, 3.8) is 0 Å². The first-order chi connectivity index (χ1) is 6.22. The van der Waals surface area contributed by atoms with Gasteiger partial charge in [0.1, 0.15) is 0 Å². The standard InChI is InChI=1S/C10H7NS2/c1-6-5-13-9-3-7(4-11)2-8(12)10(6)9/h2-3,5,12H,1H3. The fourth-order valence-corrected chi connectivity index (χ4v) is 2.88. The van der Waals surface area contributed by atoms with Gasteiger partial charge in [-0.05, 0) is 30.0 Å². The van der Waals surface area contributed by atoms with E-state index in [1.165, 1.54) is 10.9 Å². The number of aryl methyl sites for hydroxylation is 1. The number of benzene rings is 1. The van der Waals surface area contributed by atoms with Crippen LogP contribution < -0.4 is 0 Å². The molecule has 0 fully saturated rings. The van der Waals surface area contributed by atoms with Crippen LogP contribution in [0.25, 0.3) is 10.1 Å². The fraction of sp³-hybridized carbons (Fsp3) is 0.100. The van der Waals surface area contributed by atoms with Crippen molar-refractivity contribution in [2.24, 2.45) is 0 Å². The second-order valence-corrected chi connectivity index (χ2v) is 4.29. The largest absolute Gasteiger partial charge is 0.192 e. The molecule has 0 unspecified atom stereocenters. The normalized spacial score (nSPS) is 10.2. The molecule has 0 aliphatic carbocycles. The van der Waals surface area contributed by atoms with Gasteiger partial charge in [0.05, 0.1) is 11.6 Å². The highest BCUT2D eigenvalue weighted by atomic mass is 32.1. The van der Waals surface area contributed by atoms with Gasteiger partial charge in [-0.25, -0.2) is 0 Å². The van der Waals surface area contributed by atoms with E-state index >= 15 is 0 Å². The molecule has 0 aliphatic rings. The van der Waals surface area contributed by atoms with Crippen molar-refractivity contribution in [1.29, 1.82) is 5.26 Å². The predicted molar refractivity (Wildman–Crippen MR) is 58.5 cm³/mol. The molecule has 0 bridgehead atoms. The summed E-state index contributed by atoms with van der Waals surface area (Å²) in [6.45, 7) is 2.06. The second kappa shape index (κ2) is 3.06. The van der Waals surface area contributed by atoms with Crippen LogP contribution in [0, 0.1) is 18.3 Å². The van der Waals surface area contributed by atoms with Crippen molar-refractivity contribution in [2.75, 3.05) is 0 Å². The van der Waals surface area contributed by atoms with Crippen molar-refractivity contribution < 1.29 is 0 Å². The molecular weight excluding hydrogens is 198 g/mol. The summed E-state index contributed by atoms with van der Waals surface area (Å²) in [5.41, 5.74) is 1.91. The van der Waals surface area contributed by atoms with E-state index in [0.717, 1.165) is 9.60 Å². The third-order valence-electron chi connectivity index (χ3n) is 1.97. The third kappa shape index (κ3) is 1.32.